The van der Waals surface area contributed by atoms with Gasteiger partial charge in [-0.2, -0.15) is 4.57 Å². The third kappa shape index (κ3) is 4.67. The zero-order chi connectivity index (χ0) is 17.5. The van der Waals surface area contributed by atoms with Crippen LogP contribution in [-0.2, 0) is 11.3 Å². The summed E-state index contributed by atoms with van der Waals surface area (Å²) in [6.07, 6.45) is 3.87. The maximum Gasteiger partial charge on any atom is 0.290 e. The molecule has 0 saturated heterocycles. The molecule has 0 atom stereocenters. The van der Waals surface area contributed by atoms with Crippen LogP contribution in [0.5, 0.6) is 5.75 Å². The van der Waals surface area contributed by atoms with Crippen LogP contribution in [0.4, 0.5) is 5.69 Å². The number of pyridine rings is 1. The number of aromatic nitrogens is 1. The number of ether oxygens (including phenoxy) is 1. The van der Waals surface area contributed by atoms with Crippen molar-refractivity contribution >= 4 is 11.6 Å². The number of hydrogen-bond donors (Lipinski definition) is 1. The van der Waals surface area contributed by atoms with E-state index in [4.69, 9.17) is 4.74 Å². The molecule has 2 aromatic carbocycles. The van der Waals surface area contributed by atoms with Gasteiger partial charge in [-0.05, 0) is 42.8 Å². The van der Waals surface area contributed by atoms with Crippen molar-refractivity contribution in [2.24, 2.45) is 0 Å². The van der Waals surface area contributed by atoms with E-state index in [9.17, 15) is 4.79 Å². The minimum Gasteiger partial charge on any atom is -0.494 e. The summed E-state index contributed by atoms with van der Waals surface area (Å²) in [5.41, 5.74) is 2.97. The van der Waals surface area contributed by atoms with Crippen LogP contribution in [-0.4, -0.2) is 12.5 Å². The van der Waals surface area contributed by atoms with Crippen LogP contribution in [0.3, 0.4) is 0 Å². The van der Waals surface area contributed by atoms with E-state index in [-0.39, 0.29) is 12.5 Å². The fraction of sp³-hybridized carbons (Fsp3) is 0.143. The molecule has 0 saturated carbocycles. The average Bonchev–Trinajstić information content (AvgIpc) is 2.64. The Hall–Kier alpha value is -3.14. The molecule has 1 heterocycles. The second-order valence-electron chi connectivity index (χ2n) is 5.64. The minimum atomic E-state index is -0.0700. The zero-order valence-corrected chi connectivity index (χ0v) is 14.2. The number of carbonyl (C=O) groups excluding carboxylic acids is 1. The highest BCUT2D eigenvalue weighted by Crippen LogP contribution is 2.17. The summed E-state index contributed by atoms with van der Waals surface area (Å²) in [6, 6.07) is 21.5. The smallest absolute Gasteiger partial charge is 0.290 e. The van der Waals surface area contributed by atoms with Crippen LogP contribution in [0.1, 0.15) is 6.92 Å². The van der Waals surface area contributed by atoms with Gasteiger partial charge in [-0.1, -0.05) is 30.3 Å². The molecular weight excluding hydrogens is 312 g/mol. The van der Waals surface area contributed by atoms with E-state index in [1.165, 1.54) is 0 Å². The molecule has 4 heteroatoms. The van der Waals surface area contributed by atoms with E-state index in [1.54, 1.807) is 0 Å². The molecule has 0 radical (unpaired) electrons. The summed E-state index contributed by atoms with van der Waals surface area (Å²) in [4.78, 5) is 12.3. The van der Waals surface area contributed by atoms with Gasteiger partial charge in [-0.25, -0.2) is 0 Å². The fourth-order valence-corrected chi connectivity index (χ4v) is 2.59. The van der Waals surface area contributed by atoms with Crippen LogP contribution in [0.15, 0.2) is 79.1 Å². The number of anilines is 1. The molecule has 0 aliphatic heterocycles. The predicted octanol–water partition coefficient (Wildman–Crippen LogP) is 3.68. The molecule has 1 amide bonds. The van der Waals surface area contributed by atoms with Gasteiger partial charge in [0.2, 0.25) is 6.54 Å². The summed E-state index contributed by atoms with van der Waals surface area (Å²) in [6.45, 7) is 2.82. The Kier molecular flexibility index (Phi) is 5.42. The summed E-state index contributed by atoms with van der Waals surface area (Å²) >= 11 is 0. The maximum atomic E-state index is 12.3. The normalized spacial score (nSPS) is 10.3. The molecule has 0 aliphatic rings. The van der Waals surface area contributed by atoms with Gasteiger partial charge < -0.3 is 10.1 Å². The van der Waals surface area contributed by atoms with E-state index in [2.05, 4.69) is 17.4 Å². The van der Waals surface area contributed by atoms with Crippen LogP contribution >= 0.6 is 0 Å². The summed E-state index contributed by atoms with van der Waals surface area (Å²) in [5.74, 6) is 0.727. The molecule has 126 valence electrons. The first-order valence-electron chi connectivity index (χ1n) is 8.32. The predicted molar refractivity (Wildman–Crippen MR) is 98.3 cm³/mol. The molecule has 0 unspecified atom stereocenters. The van der Waals surface area contributed by atoms with Crippen molar-refractivity contribution in [3.8, 4) is 16.9 Å². The first-order valence-corrected chi connectivity index (χ1v) is 8.32. The van der Waals surface area contributed by atoms with Gasteiger partial charge in [0, 0.05) is 17.3 Å². The van der Waals surface area contributed by atoms with Crippen molar-refractivity contribution < 1.29 is 14.1 Å². The highest BCUT2D eigenvalue weighted by molar-refractivity contribution is 5.89. The first kappa shape index (κ1) is 16.7. The van der Waals surface area contributed by atoms with Gasteiger partial charge in [0.1, 0.15) is 5.75 Å². The minimum absolute atomic E-state index is 0.0700. The van der Waals surface area contributed by atoms with Crippen molar-refractivity contribution in [1.29, 1.82) is 0 Å². The van der Waals surface area contributed by atoms with Gasteiger partial charge in [-0.15, -0.1) is 0 Å². The van der Waals surface area contributed by atoms with Crippen LogP contribution in [0.2, 0.25) is 0 Å². The molecule has 0 bridgehead atoms. The van der Waals surface area contributed by atoms with Crippen LogP contribution in [0, 0.1) is 0 Å². The standard InChI is InChI=1S/C21H20N2O2/c1-2-25-20-12-10-19(11-13-20)22-21(24)16-23-14-6-9-18(15-23)17-7-4-3-5-8-17/h3-15H,2,16H2,1H3/p+1. The number of nitrogens with zero attached hydrogens (tertiary/aromatic N) is 1. The highest BCUT2D eigenvalue weighted by Gasteiger charge is 2.11. The Labute approximate surface area is 147 Å². The van der Waals surface area contributed by atoms with Crippen LogP contribution < -0.4 is 14.6 Å². The Balaban J connectivity index is 1.65. The van der Waals surface area contributed by atoms with E-state index in [0.717, 1.165) is 22.6 Å². The van der Waals surface area contributed by atoms with Crippen molar-refractivity contribution in [2.45, 2.75) is 13.5 Å². The van der Waals surface area contributed by atoms with E-state index >= 15 is 0 Å². The van der Waals surface area contributed by atoms with Crippen molar-refractivity contribution in [3.63, 3.8) is 0 Å². The van der Waals surface area contributed by atoms with Gasteiger partial charge in [0.15, 0.2) is 12.4 Å². The fourth-order valence-electron chi connectivity index (χ4n) is 2.59. The number of benzene rings is 2. The molecule has 3 rings (SSSR count). The molecule has 0 aliphatic carbocycles. The SMILES string of the molecule is CCOc1ccc(NC(=O)C[n+]2cccc(-c3ccccc3)c2)cc1. The van der Waals surface area contributed by atoms with E-state index in [0.29, 0.717) is 6.61 Å². The number of amides is 1. The van der Waals surface area contributed by atoms with Crippen LogP contribution in [0.25, 0.3) is 11.1 Å². The average molecular weight is 333 g/mol. The Morgan fingerprint density at radius 1 is 0.960 bits per heavy atom. The number of carbonyl (C=O) groups is 1. The van der Waals surface area contributed by atoms with Crippen molar-refractivity contribution in [3.05, 3.63) is 79.1 Å². The monoisotopic (exact) mass is 333 g/mol. The number of nitrogens with one attached hydrogen (secondary N) is 1. The lowest BCUT2D eigenvalue weighted by molar-refractivity contribution is -0.683. The second-order valence-corrected chi connectivity index (χ2v) is 5.64. The topological polar surface area (TPSA) is 42.2 Å². The molecule has 25 heavy (non-hydrogen) atoms. The van der Waals surface area contributed by atoms with Gasteiger partial charge in [-0.3, -0.25) is 4.79 Å². The van der Waals surface area contributed by atoms with Crippen molar-refractivity contribution in [1.82, 2.24) is 0 Å². The maximum absolute atomic E-state index is 12.3. The van der Waals surface area contributed by atoms with E-state index < -0.39 is 0 Å². The summed E-state index contributed by atoms with van der Waals surface area (Å²) < 4.78 is 7.28. The lowest BCUT2D eigenvalue weighted by Gasteiger charge is -2.06. The van der Waals surface area contributed by atoms with Gasteiger partial charge in [0.25, 0.3) is 5.91 Å². The van der Waals surface area contributed by atoms with Gasteiger partial charge in [0.05, 0.1) is 6.61 Å². The zero-order valence-electron chi connectivity index (χ0n) is 14.2. The summed E-state index contributed by atoms with van der Waals surface area (Å²) in [7, 11) is 0. The summed E-state index contributed by atoms with van der Waals surface area (Å²) in [5, 5.41) is 2.90. The third-order valence-electron chi connectivity index (χ3n) is 3.74. The quantitative estimate of drug-likeness (QED) is 0.699. The molecule has 0 fully saturated rings. The number of rotatable bonds is 6. The molecule has 1 N–H and O–H groups in total. The Bertz CT molecular complexity index is 830. The first-order chi connectivity index (χ1) is 12.2. The largest absolute Gasteiger partial charge is 0.494 e. The Morgan fingerprint density at radius 3 is 2.40 bits per heavy atom. The van der Waals surface area contributed by atoms with Gasteiger partial charge >= 0.3 is 0 Å². The molecule has 4 nitrogen and oxygen atoms in total. The third-order valence-corrected chi connectivity index (χ3v) is 3.74. The molecule has 3 aromatic rings. The highest BCUT2D eigenvalue weighted by atomic mass is 16.5. The molecule has 0 spiro atoms. The lowest BCUT2D eigenvalue weighted by Crippen LogP contribution is -2.39. The Morgan fingerprint density at radius 2 is 1.68 bits per heavy atom. The number of hydrogen-bond acceptors (Lipinski definition) is 2. The lowest BCUT2D eigenvalue weighted by atomic mass is 10.1. The van der Waals surface area contributed by atoms with Crippen molar-refractivity contribution in [2.75, 3.05) is 11.9 Å². The molecular formula is C21H21N2O2+. The van der Waals surface area contributed by atoms with E-state index in [1.807, 2.05) is 78.5 Å². The molecule has 1 aromatic heterocycles. The second kappa shape index (κ2) is 8.11.